The standard InChI is InChI=1S/C21H19FN8/c1-12(2)30-16(9-24-20-18-21(26-10-25-18)28-11-27-20)29-15-7-6-13(22)17(19(15)30)14-5-3-4-8-23-14/h3-8,10-12H,9H2,1-2H3,(H2,24,25,26,27,28). The Bertz CT molecular complexity index is 1340. The molecule has 0 saturated heterocycles. The minimum atomic E-state index is -0.322. The Hall–Kier alpha value is -3.88. The zero-order valence-electron chi connectivity index (χ0n) is 16.5. The summed E-state index contributed by atoms with van der Waals surface area (Å²) in [5.41, 5.74) is 3.80. The van der Waals surface area contributed by atoms with Gasteiger partial charge in [0.1, 0.15) is 23.5 Å². The number of aromatic amines is 1. The number of halogens is 1. The Balaban J connectivity index is 1.62. The number of H-pyrrole nitrogens is 1. The second-order valence-corrected chi connectivity index (χ2v) is 7.17. The van der Waals surface area contributed by atoms with E-state index >= 15 is 0 Å². The summed E-state index contributed by atoms with van der Waals surface area (Å²) in [6, 6.07) is 8.69. The highest BCUT2D eigenvalue weighted by atomic mass is 19.1. The number of imidazole rings is 2. The lowest BCUT2D eigenvalue weighted by Crippen LogP contribution is -2.12. The Morgan fingerprint density at radius 2 is 2.00 bits per heavy atom. The molecule has 0 bridgehead atoms. The van der Waals surface area contributed by atoms with Gasteiger partial charge in [0, 0.05) is 12.2 Å². The van der Waals surface area contributed by atoms with Gasteiger partial charge in [0.2, 0.25) is 0 Å². The van der Waals surface area contributed by atoms with Gasteiger partial charge in [-0.3, -0.25) is 4.98 Å². The first-order valence-electron chi connectivity index (χ1n) is 9.62. The van der Waals surface area contributed by atoms with E-state index in [0.29, 0.717) is 29.3 Å². The van der Waals surface area contributed by atoms with Crippen LogP contribution in [-0.2, 0) is 6.54 Å². The van der Waals surface area contributed by atoms with Crippen LogP contribution in [0.1, 0.15) is 25.7 Å². The molecular formula is C21H19FN8. The summed E-state index contributed by atoms with van der Waals surface area (Å²) < 4.78 is 17.0. The van der Waals surface area contributed by atoms with Crippen molar-refractivity contribution in [1.82, 2.24) is 34.5 Å². The first-order chi connectivity index (χ1) is 14.6. The van der Waals surface area contributed by atoms with Crippen LogP contribution in [0.3, 0.4) is 0 Å². The van der Waals surface area contributed by atoms with Crippen LogP contribution in [0.2, 0.25) is 0 Å². The molecule has 0 aliphatic carbocycles. The molecule has 0 aliphatic heterocycles. The van der Waals surface area contributed by atoms with Crippen LogP contribution < -0.4 is 5.32 Å². The van der Waals surface area contributed by atoms with Crippen molar-refractivity contribution in [3.05, 3.63) is 60.8 Å². The maximum Gasteiger partial charge on any atom is 0.182 e. The monoisotopic (exact) mass is 402 g/mol. The van der Waals surface area contributed by atoms with E-state index < -0.39 is 0 Å². The number of rotatable bonds is 5. The summed E-state index contributed by atoms with van der Waals surface area (Å²) in [7, 11) is 0. The highest BCUT2D eigenvalue weighted by Crippen LogP contribution is 2.33. The summed E-state index contributed by atoms with van der Waals surface area (Å²) >= 11 is 0. The third kappa shape index (κ3) is 2.95. The molecule has 2 N–H and O–H groups in total. The van der Waals surface area contributed by atoms with Crippen LogP contribution in [0.25, 0.3) is 33.5 Å². The Kier molecular flexibility index (Phi) is 4.35. The predicted molar refractivity (Wildman–Crippen MR) is 112 cm³/mol. The van der Waals surface area contributed by atoms with Crippen molar-refractivity contribution in [1.29, 1.82) is 0 Å². The largest absolute Gasteiger partial charge is 0.361 e. The average Bonchev–Trinajstić information content (AvgIpc) is 3.37. The molecule has 5 rings (SSSR count). The Morgan fingerprint density at radius 3 is 2.80 bits per heavy atom. The zero-order valence-corrected chi connectivity index (χ0v) is 16.5. The first kappa shape index (κ1) is 18.2. The molecule has 0 saturated carbocycles. The maximum atomic E-state index is 14.9. The van der Waals surface area contributed by atoms with E-state index in [4.69, 9.17) is 4.98 Å². The smallest absolute Gasteiger partial charge is 0.182 e. The molecule has 0 radical (unpaired) electrons. The molecule has 4 heterocycles. The summed E-state index contributed by atoms with van der Waals surface area (Å²) in [6.07, 6.45) is 4.71. The van der Waals surface area contributed by atoms with E-state index in [2.05, 4.69) is 44.1 Å². The summed E-state index contributed by atoms with van der Waals surface area (Å²) in [5.74, 6) is 1.09. The molecule has 0 unspecified atom stereocenters. The quantitative estimate of drug-likeness (QED) is 0.459. The van der Waals surface area contributed by atoms with Gasteiger partial charge in [-0.2, -0.15) is 0 Å². The van der Waals surface area contributed by atoms with Gasteiger partial charge in [-0.25, -0.2) is 24.3 Å². The molecule has 0 aliphatic rings. The van der Waals surface area contributed by atoms with Crippen LogP contribution >= 0.6 is 0 Å². The number of hydrogen-bond donors (Lipinski definition) is 2. The van der Waals surface area contributed by atoms with Gasteiger partial charge in [0.25, 0.3) is 0 Å². The van der Waals surface area contributed by atoms with E-state index in [-0.39, 0.29) is 11.9 Å². The number of nitrogens with zero attached hydrogens (tertiary/aromatic N) is 6. The van der Waals surface area contributed by atoms with E-state index in [1.807, 2.05) is 22.8 Å². The lowest BCUT2D eigenvalue weighted by atomic mass is 10.1. The van der Waals surface area contributed by atoms with Crippen molar-refractivity contribution < 1.29 is 4.39 Å². The van der Waals surface area contributed by atoms with Gasteiger partial charge in [-0.05, 0) is 38.1 Å². The fourth-order valence-corrected chi connectivity index (χ4v) is 3.71. The number of nitrogens with one attached hydrogen (secondary N) is 2. The average molecular weight is 402 g/mol. The summed E-state index contributed by atoms with van der Waals surface area (Å²) in [6.45, 7) is 4.51. The topological polar surface area (TPSA) is 97.2 Å². The molecule has 1 aromatic carbocycles. The van der Waals surface area contributed by atoms with E-state index in [0.717, 1.165) is 22.4 Å². The van der Waals surface area contributed by atoms with Crippen LogP contribution in [0.15, 0.2) is 49.2 Å². The van der Waals surface area contributed by atoms with Gasteiger partial charge in [-0.15, -0.1) is 0 Å². The van der Waals surface area contributed by atoms with E-state index in [9.17, 15) is 4.39 Å². The van der Waals surface area contributed by atoms with Crippen LogP contribution in [0, 0.1) is 5.82 Å². The predicted octanol–water partition coefficient (Wildman–Crippen LogP) is 4.10. The molecule has 30 heavy (non-hydrogen) atoms. The van der Waals surface area contributed by atoms with Crippen molar-refractivity contribution >= 4 is 28.0 Å². The SMILES string of the molecule is CC(C)n1c(CNc2ncnc3nc[nH]c23)nc2ccc(F)c(-c3ccccn3)c21. The second kappa shape index (κ2) is 7.18. The minimum Gasteiger partial charge on any atom is -0.361 e. The van der Waals surface area contributed by atoms with Gasteiger partial charge >= 0.3 is 0 Å². The van der Waals surface area contributed by atoms with Crippen LogP contribution in [0.4, 0.5) is 10.2 Å². The Morgan fingerprint density at radius 1 is 1.10 bits per heavy atom. The lowest BCUT2D eigenvalue weighted by Gasteiger charge is -2.16. The molecule has 4 aromatic heterocycles. The van der Waals surface area contributed by atoms with Crippen molar-refractivity contribution in [2.45, 2.75) is 26.4 Å². The van der Waals surface area contributed by atoms with Gasteiger partial charge < -0.3 is 14.9 Å². The number of hydrogen-bond acceptors (Lipinski definition) is 6. The van der Waals surface area contributed by atoms with Crippen molar-refractivity contribution in [3.63, 3.8) is 0 Å². The van der Waals surface area contributed by atoms with E-state index in [1.165, 1.54) is 12.4 Å². The van der Waals surface area contributed by atoms with E-state index in [1.54, 1.807) is 18.6 Å². The zero-order chi connectivity index (χ0) is 20.7. The number of pyridine rings is 1. The molecule has 5 aromatic rings. The highest BCUT2D eigenvalue weighted by Gasteiger charge is 2.21. The highest BCUT2D eigenvalue weighted by molar-refractivity contribution is 5.92. The minimum absolute atomic E-state index is 0.0636. The van der Waals surface area contributed by atoms with Crippen molar-refractivity contribution in [2.24, 2.45) is 0 Å². The fourth-order valence-electron chi connectivity index (χ4n) is 3.71. The first-order valence-corrected chi connectivity index (χ1v) is 9.62. The summed E-state index contributed by atoms with van der Waals surface area (Å²) in [5, 5.41) is 3.31. The van der Waals surface area contributed by atoms with Gasteiger partial charge in [-0.1, -0.05) is 6.07 Å². The maximum absolute atomic E-state index is 14.9. The molecule has 0 atom stereocenters. The number of aromatic nitrogens is 7. The molecule has 0 fully saturated rings. The molecular weight excluding hydrogens is 383 g/mol. The number of fused-ring (bicyclic) bond motifs is 2. The van der Waals surface area contributed by atoms with Crippen LogP contribution in [0.5, 0.6) is 0 Å². The lowest BCUT2D eigenvalue weighted by molar-refractivity contribution is 0.586. The third-order valence-corrected chi connectivity index (χ3v) is 4.95. The van der Waals surface area contributed by atoms with Crippen LogP contribution in [-0.4, -0.2) is 34.5 Å². The normalized spacial score (nSPS) is 11.6. The molecule has 0 spiro atoms. The number of benzene rings is 1. The molecule has 9 heteroatoms. The second-order valence-electron chi connectivity index (χ2n) is 7.17. The van der Waals surface area contributed by atoms with Crippen molar-refractivity contribution in [3.8, 4) is 11.3 Å². The van der Waals surface area contributed by atoms with Gasteiger partial charge in [0.05, 0.1) is 35.2 Å². The molecule has 150 valence electrons. The number of anilines is 1. The fraction of sp³-hybridized carbons (Fsp3) is 0.190. The summed E-state index contributed by atoms with van der Waals surface area (Å²) in [4.78, 5) is 24.8. The molecule has 8 nitrogen and oxygen atoms in total. The third-order valence-electron chi connectivity index (χ3n) is 4.95. The van der Waals surface area contributed by atoms with Crippen molar-refractivity contribution in [2.75, 3.05) is 5.32 Å². The molecule has 0 amide bonds. The van der Waals surface area contributed by atoms with Gasteiger partial charge in [0.15, 0.2) is 11.5 Å². The Labute approximate surface area is 171 Å².